The lowest BCUT2D eigenvalue weighted by molar-refractivity contribution is -0.132. The lowest BCUT2D eigenvalue weighted by Gasteiger charge is -2.32. The molecule has 1 saturated carbocycles. The Bertz CT molecular complexity index is 904. The second-order valence-corrected chi connectivity index (χ2v) is 8.48. The van der Waals surface area contributed by atoms with Crippen molar-refractivity contribution in [1.29, 1.82) is 0 Å². The van der Waals surface area contributed by atoms with Crippen LogP contribution in [0.5, 0.6) is 11.5 Å². The number of para-hydroxylation sites is 1. The van der Waals surface area contributed by atoms with Crippen LogP contribution in [0.25, 0.3) is 0 Å². The Balaban J connectivity index is 1.37. The van der Waals surface area contributed by atoms with Gasteiger partial charge >= 0.3 is 0 Å². The van der Waals surface area contributed by atoms with Crippen LogP contribution in [-0.4, -0.2) is 29.7 Å². The van der Waals surface area contributed by atoms with Crippen LogP contribution < -0.4 is 10.5 Å². The number of hydrogen-bond donors (Lipinski definition) is 1. The molecule has 0 radical (unpaired) electrons. The second kappa shape index (κ2) is 9.33. The van der Waals surface area contributed by atoms with Crippen molar-refractivity contribution in [2.75, 3.05) is 7.05 Å². The number of nitrogens with zero attached hydrogens (tertiary/aromatic N) is 2. The first kappa shape index (κ1) is 20.5. The number of amidine groups is 1. The minimum atomic E-state index is 0.0909. The monoisotopic (exact) mass is 405 g/mol. The standard InChI is InChI=1S/C25H31N3O2/c1-28(20-8-4-2-5-9-20)24(29)15-12-18-16-19-17-22(13-14-23(19)27-25(18)26)30-21-10-6-3-7-11-21/h3,6-7,10-11,13-14,17-18,20H,2,4-5,8-9,12,15-16H2,1H3,(H2,26,27). The fraction of sp³-hybridized carbons (Fsp3) is 0.440. The van der Waals surface area contributed by atoms with Crippen molar-refractivity contribution in [2.24, 2.45) is 16.6 Å². The van der Waals surface area contributed by atoms with Gasteiger partial charge in [0.1, 0.15) is 17.3 Å². The highest BCUT2D eigenvalue weighted by atomic mass is 16.5. The molecule has 2 aromatic rings. The molecule has 1 amide bonds. The molecule has 0 aromatic heterocycles. The summed E-state index contributed by atoms with van der Waals surface area (Å²) >= 11 is 0. The van der Waals surface area contributed by atoms with Gasteiger partial charge in [0.15, 0.2) is 0 Å². The van der Waals surface area contributed by atoms with Crippen LogP contribution in [0, 0.1) is 5.92 Å². The fourth-order valence-electron chi connectivity index (χ4n) is 4.52. The Morgan fingerprint density at radius 1 is 1.10 bits per heavy atom. The summed E-state index contributed by atoms with van der Waals surface area (Å²) in [5.41, 5.74) is 8.27. The van der Waals surface area contributed by atoms with Crippen LogP contribution in [0.3, 0.4) is 0 Å². The molecule has 2 aromatic carbocycles. The number of benzene rings is 2. The molecule has 1 atom stereocenters. The summed E-state index contributed by atoms with van der Waals surface area (Å²) < 4.78 is 5.96. The molecule has 4 rings (SSSR count). The normalized spacial score (nSPS) is 19.0. The van der Waals surface area contributed by atoms with E-state index in [0.717, 1.165) is 48.4 Å². The van der Waals surface area contributed by atoms with Crippen molar-refractivity contribution < 1.29 is 9.53 Å². The quantitative estimate of drug-likeness (QED) is 0.717. The molecule has 5 heteroatoms. The van der Waals surface area contributed by atoms with Crippen molar-refractivity contribution in [2.45, 2.75) is 57.4 Å². The van der Waals surface area contributed by atoms with Gasteiger partial charge in [-0.15, -0.1) is 0 Å². The number of amides is 1. The number of rotatable bonds is 6. The van der Waals surface area contributed by atoms with E-state index in [1.54, 1.807) is 0 Å². The maximum absolute atomic E-state index is 12.7. The number of fused-ring (bicyclic) bond motifs is 1. The van der Waals surface area contributed by atoms with Crippen molar-refractivity contribution in [1.82, 2.24) is 4.90 Å². The van der Waals surface area contributed by atoms with E-state index >= 15 is 0 Å². The highest BCUT2D eigenvalue weighted by molar-refractivity contribution is 5.88. The Kier molecular flexibility index (Phi) is 6.36. The molecule has 1 aliphatic heterocycles. The van der Waals surface area contributed by atoms with Crippen LogP contribution in [0.4, 0.5) is 5.69 Å². The zero-order chi connectivity index (χ0) is 20.9. The lowest BCUT2D eigenvalue weighted by atomic mass is 9.89. The van der Waals surface area contributed by atoms with Gasteiger partial charge in [-0.1, -0.05) is 37.5 Å². The van der Waals surface area contributed by atoms with Gasteiger partial charge in [0, 0.05) is 25.4 Å². The summed E-state index contributed by atoms with van der Waals surface area (Å²) in [6.45, 7) is 0. The third-order valence-corrected chi connectivity index (χ3v) is 6.39. The molecule has 5 nitrogen and oxygen atoms in total. The molecule has 30 heavy (non-hydrogen) atoms. The van der Waals surface area contributed by atoms with Gasteiger partial charge in [0.2, 0.25) is 5.91 Å². The molecular weight excluding hydrogens is 374 g/mol. The van der Waals surface area contributed by atoms with Crippen molar-refractivity contribution in [3.63, 3.8) is 0 Å². The van der Waals surface area contributed by atoms with Crippen molar-refractivity contribution in [3.8, 4) is 11.5 Å². The molecule has 1 unspecified atom stereocenters. The van der Waals surface area contributed by atoms with Crippen LogP contribution >= 0.6 is 0 Å². The van der Waals surface area contributed by atoms with Crippen molar-refractivity contribution in [3.05, 3.63) is 54.1 Å². The average molecular weight is 406 g/mol. The largest absolute Gasteiger partial charge is 0.457 e. The van der Waals surface area contributed by atoms with Gasteiger partial charge in [-0.2, -0.15) is 0 Å². The predicted octanol–water partition coefficient (Wildman–Crippen LogP) is 5.21. The summed E-state index contributed by atoms with van der Waals surface area (Å²) in [5.74, 6) is 2.55. The van der Waals surface area contributed by atoms with Gasteiger partial charge < -0.3 is 15.4 Å². The fourth-order valence-corrected chi connectivity index (χ4v) is 4.52. The third kappa shape index (κ3) is 4.84. The summed E-state index contributed by atoms with van der Waals surface area (Å²) in [4.78, 5) is 19.3. The van der Waals surface area contributed by atoms with E-state index in [1.165, 1.54) is 19.3 Å². The van der Waals surface area contributed by atoms with Crippen LogP contribution in [0.15, 0.2) is 53.5 Å². The molecule has 1 heterocycles. The predicted molar refractivity (Wildman–Crippen MR) is 120 cm³/mol. The molecule has 158 valence electrons. The van der Waals surface area contributed by atoms with Crippen LogP contribution in [0.2, 0.25) is 0 Å². The Morgan fingerprint density at radius 3 is 2.63 bits per heavy atom. The number of aliphatic imine (C=N–C) groups is 1. The SMILES string of the molecule is CN(C(=O)CCC1Cc2cc(Oc3ccccc3)ccc2N=C1N)C1CCCCC1. The molecule has 0 spiro atoms. The first-order chi connectivity index (χ1) is 14.6. The molecule has 1 fully saturated rings. The summed E-state index contributed by atoms with van der Waals surface area (Å²) in [5, 5.41) is 0. The lowest BCUT2D eigenvalue weighted by Crippen LogP contribution is -2.39. The number of hydrogen-bond acceptors (Lipinski definition) is 4. The first-order valence-corrected chi connectivity index (χ1v) is 11.1. The minimum Gasteiger partial charge on any atom is -0.457 e. The van der Waals surface area contributed by atoms with Gasteiger partial charge in [-0.25, -0.2) is 4.99 Å². The highest BCUT2D eigenvalue weighted by Gasteiger charge is 2.26. The van der Waals surface area contributed by atoms with Gasteiger partial charge in [0.25, 0.3) is 0 Å². The topological polar surface area (TPSA) is 67.9 Å². The second-order valence-electron chi connectivity index (χ2n) is 8.48. The number of carbonyl (C=O) groups excluding carboxylic acids is 1. The Hall–Kier alpha value is -2.82. The van der Waals surface area contributed by atoms with E-state index in [2.05, 4.69) is 4.99 Å². The zero-order valence-electron chi connectivity index (χ0n) is 17.7. The van der Waals surface area contributed by atoms with E-state index in [-0.39, 0.29) is 11.8 Å². The first-order valence-electron chi connectivity index (χ1n) is 11.1. The Labute approximate surface area is 178 Å². The van der Waals surface area contributed by atoms with Gasteiger partial charge in [-0.05, 0) is 61.6 Å². The van der Waals surface area contributed by atoms with Gasteiger partial charge in [-0.3, -0.25) is 4.79 Å². The van der Waals surface area contributed by atoms with Crippen LogP contribution in [-0.2, 0) is 11.2 Å². The highest BCUT2D eigenvalue weighted by Crippen LogP contribution is 2.34. The number of ether oxygens (including phenoxy) is 1. The van der Waals surface area contributed by atoms with E-state index in [4.69, 9.17) is 10.5 Å². The van der Waals surface area contributed by atoms with Crippen molar-refractivity contribution >= 4 is 17.4 Å². The molecule has 0 bridgehead atoms. The molecule has 1 aliphatic carbocycles. The van der Waals surface area contributed by atoms with E-state index in [9.17, 15) is 4.79 Å². The average Bonchev–Trinajstić information content (AvgIpc) is 2.78. The minimum absolute atomic E-state index is 0.0909. The van der Waals surface area contributed by atoms with Crippen LogP contribution in [0.1, 0.15) is 50.5 Å². The molecular formula is C25H31N3O2. The van der Waals surface area contributed by atoms with E-state index in [0.29, 0.717) is 18.3 Å². The van der Waals surface area contributed by atoms with E-state index in [1.807, 2.05) is 60.5 Å². The summed E-state index contributed by atoms with van der Waals surface area (Å²) in [7, 11) is 1.96. The van der Waals surface area contributed by atoms with Gasteiger partial charge in [0.05, 0.1) is 5.69 Å². The zero-order valence-corrected chi connectivity index (χ0v) is 17.7. The maximum Gasteiger partial charge on any atom is 0.222 e. The smallest absolute Gasteiger partial charge is 0.222 e. The molecule has 0 saturated heterocycles. The molecule has 2 aliphatic rings. The maximum atomic E-state index is 12.7. The summed E-state index contributed by atoms with van der Waals surface area (Å²) in [6, 6.07) is 16.1. The summed E-state index contributed by atoms with van der Waals surface area (Å²) in [6.07, 6.45) is 8.06. The Morgan fingerprint density at radius 2 is 1.87 bits per heavy atom. The number of carbonyl (C=O) groups is 1. The third-order valence-electron chi connectivity index (χ3n) is 6.39. The molecule has 2 N–H and O–H groups in total. The van der Waals surface area contributed by atoms with E-state index < -0.39 is 0 Å². The number of nitrogens with two attached hydrogens (primary N) is 1.